The van der Waals surface area contributed by atoms with E-state index in [9.17, 15) is 5.11 Å². The first-order chi connectivity index (χ1) is 8.83. The summed E-state index contributed by atoms with van der Waals surface area (Å²) >= 11 is 0. The van der Waals surface area contributed by atoms with Gasteiger partial charge in [0.2, 0.25) is 11.8 Å². The average Bonchev–Trinajstić information content (AvgIpc) is 2.90. The normalized spacial score (nSPS) is 30.5. The molecule has 2 fully saturated rings. The molecule has 0 bridgehead atoms. The van der Waals surface area contributed by atoms with Crippen LogP contribution in [0.5, 0.6) is 0 Å². The lowest BCUT2D eigenvalue weighted by molar-refractivity contribution is 0.117. The Bertz CT molecular complexity index is 377. The van der Waals surface area contributed by atoms with Gasteiger partial charge in [0.05, 0.1) is 6.10 Å². The highest BCUT2D eigenvalue weighted by atomic mass is 16.4. The van der Waals surface area contributed by atoms with Crippen molar-refractivity contribution >= 4 is 0 Å². The van der Waals surface area contributed by atoms with Crippen molar-refractivity contribution in [2.24, 2.45) is 0 Å². The molecule has 1 aromatic rings. The van der Waals surface area contributed by atoms with Crippen molar-refractivity contribution in [3.8, 4) is 0 Å². The van der Waals surface area contributed by atoms with Crippen LogP contribution in [0, 0.1) is 0 Å². The van der Waals surface area contributed by atoms with Crippen molar-refractivity contribution in [3.05, 3.63) is 11.8 Å². The smallest absolute Gasteiger partial charge is 0.219 e. The van der Waals surface area contributed by atoms with Crippen molar-refractivity contribution in [1.29, 1.82) is 0 Å². The number of rotatable bonds is 2. The van der Waals surface area contributed by atoms with Gasteiger partial charge in [-0.2, -0.15) is 0 Å². The number of aliphatic hydroxyl groups is 1. The lowest BCUT2D eigenvalue weighted by Crippen LogP contribution is -2.17. The van der Waals surface area contributed by atoms with Crippen molar-refractivity contribution in [1.82, 2.24) is 10.2 Å². The minimum Gasteiger partial charge on any atom is -0.425 e. The highest BCUT2D eigenvalue weighted by Gasteiger charge is 2.27. The van der Waals surface area contributed by atoms with Crippen LogP contribution in [-0.2, 0) is 0 Å². The molecule has 1 aromatic heterocycles. The minimum absolute atomic E-state index is 0.123. The fourth-order valence-corrected chi connectivity index (χ4v) is 3.25. The molecule has 0 spiro atoms. The third-order valence-corrected chi connectivity index (χ3v) is 4.46. The molecule has 0 saturated heterocycles. The molecule has 18 heavy (non-hydrogen) atoms. The molecular weight excluding hydrogens is 228 g/mol. The molecule has 4 nitrogen and oxygen atoms in total. The van der Waals surface area contributed by atoms with Crippen LogP contribution in [-0.4, -0.2) is 21.4 Å². The van der Waals surface area contributed by atoms with E-state index in [1.54, 1.807) is 0 Å². The third-order valence-electron chi connectivity index (χ3n) is 4.46. The zero-order chi connectivity index (χ0) is 12.4. The van der Waals surface area contributed by atoms with E-state index in [0.717, 1.165) is 37.5 Å². The third kappa shape index (κ3) is 2.58. The van der Waals surface area contributed by atoms with Gasteiger partial charge in [-0.1, -0.05) is 19.3 Å². The van der Waals surface area contributed by atoms with Crippen LogP contribution in [0.3, 0.4) is 0 Å². The second-order valence-corrected chi connectivity index (χ2v) is 5.82. The summed E-state index contributed by atoms with van der Waals surface area (Å²) in [6.07, 6.45) is 9.89. The summed E-state index contributed by atoms with van der Waals surface area (Å²) in [5.74, 6) is 2.53. The van der Waals surface area contributed by atoms with Gasteiger partial charge in [-0.3, -0.25) is 0 Å². The van der Waals surface area contributed by atoms with Gasteiger partial charge in [0, 0.05) is 11.8 Å². The van der Waals surface area contributed by atoms with Gasteiger partial charge >= 0.3 is 0 Å². The molecule has 4 heteroatoms. The predicted molar refractivity (Wildman–Crippen MR) is 67.3 cm³/mol. The molecule has 0 radical (unpaired) electrons. The number of aliphatic hydroxyl groups excluding tert-OH is 1. The molecule has 100 valence electrons. The maximum Gasteiger partial charge on any atom is 0.219 e. The molecule has 0 aliphatic heterocycles. The van der Waals surface area contributed by atoms with E-state index in [2.05, 4.69) is 10.2 Å². The Morgan fingerprint density at radius 3 is 1.94 bits per heavy atom. The van der Waals surface area contributed by atoms with Gasteiger partial charge < -0.3 is 9.52 Å². The van der Waals surface area contributed by atoms with Gasteiger partial charge in [-0.25, -0.2) is 0 Å². The Hall–Kier alpha value is -0.900. The lowest BCUT2D eigenvalue weighted by atomic mass is 9.87. The van der Waals surface area contributed by atoms with Crippen LogP contribution in [0.2, 0.25) is 0 Å². The van der Waals surface area contributed by atoms with Crippen molar-refractivity contribution in [2.45, 2.75) is 75.7 Å². The molecule has 0 unspecified atom stereocenters. The Morgan fingerprint density at radius 1 is 0.778 bits per heavy atom. The van der Waals surface area contributed by atoms with Crippen LogP contribution < -0.4 is 0 Å². The van der Waals surface area contributed by atoms with Crippen LogP contribution in [0.1, 0.15) is 81.4 Å². The highest BCUT2D eigenvalue weighted by molar-refractivity contribution is 4.98. The zero-order valence-electron chi connectivity index (χ0n) is 10.8. The maximum absolute atomic E-state index is 9.52. The maximum atomic E-state index is 9.52. The summed E-state index contributed by atoms with van der Waals surface area (Å²) < 4.78 is 5.89. The molecule has 3 rings (SSSR count). The Labute approximate surface area is 108 Å². The van der Waals surface area contributed by atoms with Gasteiger partial charge in [0.25, 0.3) is 0 Å². The van der Waals surface area contributed by atoms with Gasteiger partial charge in [0.1, 0.15) is 0 Å². The second kappa shape index (κ2) is 5.39. The summed E-state index contributed by atoms with van der Waals surface area (Å²) in [6, 6.07) is 0. The Morgan fingerprint density at radius 2 is 1.33 bits per heavy atom. The molecular formula is C14H22N2O2. The molecule has 0 atom stereocenters. The number of hydrogen-bond acceptors (Lipinski definition) is 4. The number of nitrogens with zero attached hydrogens (tertiary/aromatic N) is 2. The van der Waals surface area contributed by atoms with Gasteiger partial charge in [0.15, 0.2) is 0 Å². The summed E-state index contributed by atoms with van der Waals surface area (Å²) in [5, 5.41) is 18.0. The lowest BCUT2D eigenvalue weighted by Gasteiger charge is -2.22. The van der Waals surface area contributed by atoms with Crippen molar-refractivity contribution in [2.75, 3.05) is 0 Å². The first-order valence-corrected chi connectivity index (χ1v) is 7.34. The fourth-order valence-electron chi connectivity index (χ4n) is 3.25. The van der Waals surface area contributed by atoms with Crippen LogP contribution in [0.4, 0.5) is 0 Å². The minimum atomic E-state index is -0.123. The van der Waals surface area contributed by atoms with E-state index >= 15 is 0 Å². The van der Waals surface area contributed by atoms with E-state index in [0.29, 0.717) is 11.8 Å². The summed E-state index contributed by atoms with van der Waals surface area (Å²) in [6.45, 7) is 0. The Balaban J connectivity index is 1.65. The van der Waals surface area contributed by atoms with Crippen LogP contribution in [0.25, 0.3) is 0 Å². The summed E-state index contributed by atoms with van der Waals surface area (Å²) in [7, 11) is 0. The SMILES string of the molecule is OC1CCC(c2nnc(C3CCCCC3)o2)CC1. The highest BCUT2D eigenvalue weighted by Crippen LogP contribution is 2.35. The molecule has 1 N–H and O–H groups in total. The summed E-state index contributed by atoms with van der Waals surface area (Å²) in [4.78, 5) is 0. The Kier molecular flexibility index (Phi) is 3.64. The van der Waals surface area contributed by atoms with E-state index in [1.807, 2.05) is 0 Å². The van der Waals surface area contributed by atoms with E-state index in [-0.39, 0.29) is 6.10 Å². The average molecular weight is 250 g/mol. The van der Waals surface area contributed by atoms with E-state index in [1.165, 1.54) is 32.1 Å². The van der Waals surface area contributed by atoms with E-state index < -0.39 is 0 Å². The predicted octanol–water partition coefficient (Wildman–Crippen LogP) is 3.14. The monoisotopic (exact) mass is 250 g/mol. The first kappa shape index (κ1) is 12.2. The number of hydrogen-bond donors (Lipinski definition) is 1. The molecule has 2 saturated carbocycles. The summed E-state index contributed by atoms with van der Waals surface area (Å²) in [5.41, 5.74) is 0. The molecule has 0 aromatic carbocycles. The van der Waals surface area contributed by atoms with Crippen LogP contribution >= 0.6 is 0 Å². The molecule has 2 aliphatic carbocycles. The van der Waals surface area contributed by atoms with Crippen LogP contribution in [0.15, 0.2) is 4.42 Å². The number of aromatic nitrogens is 2. The largest absolute Gasteiger partial charge is 0.425 e. The molecule has 0 amide bonds. The topological polar surface area (TPSA) is 59.2 Å². The van der Waals surface area contributed by atoms with Gasteiger partial charge in [-0.15, -0.1) is 10.2 Å². The van der Waals surface area contributed by atoms with Gasteiger partial charge in [-0.05, 0) is 38.5 Å². The standard InChI is InChI=1S/C14H22N2O2/c17-12-8-6-11(7-9-12)14-16-15-13(18-14)10-4-2-1-3-5-10/h10-12,17H,1-9H2. The second-order valence-electron chi connectivity index (χ2n) is 5.82. The van der Waals surface area contributed by atoms with Crippen molar-refractivity contribution < 1.29 is 9.52 Å². The quantitative estimate of drug-likeness (QED) is 0.876. The molecule has 2 aliphatic rings. The molecule has 1 heterocycles. The van der Waals surface area contributed by atoms with E-state index in [4.69, 9.17) is 4.42 Å². The fraction of sp³-hybridized carbons (Fsp3) is 0.857. The first-order valence-electron chi connectivity index (χ1n) is 7.34. The zero-order valence-corrected chi connectivity index (χ0v) is 10.8. The van der Waals surface area contributed by atoms with Crippen molar-refractivity contribution in [3.63, 3.8) is 0 Å².